The Labute approximate surface area is 192 Å². The van der Waals surface area contributed by atoms with E-state index in [1.54, 1.807) is 49.4 Å². The van der Waals surface area contributed by atoms with Crippen molar-refractivity contribution < 1.29 is 23.9 Å². The summed E-state index contributed by atoms with van der Waals surface area (Å²) in [5.41, 5.74) is 0.739. The fraction of sp³-hybridized carbons (Fsp3) is 0.333. The first-order valence-corrected chi connectivity index (χ1v) is 10.7. The van der Waals surface area contributed by atoms with Crippen LogP contribution in [0.3, 0.4) is 0 Å². The minimum atomic E-state index is -1.27. The maximum Gasteiger partial charge on any atom is 0.325 e. The molecule has 0 aromatic heterocycles. The van der Waals surface area contributed by atoms with Crippen LogP contribution in [0.2, 0.25) is 0 Å². The lowest BCUT2D eigenvalue weighted by molar-refractivity contribution is -0.134. The van der Waals surface area contributed by atoms with E-state index in [0.29, 0.717) is 23.4 Å². The summed E-state index contributed by atoms with van der Waals surface area (Å²) in [6, 6.07) is 13.3. The van der Waals surface area contributed by atoms with Crippen molar-refractivity contribution in [3.8, 4) is 5.75 Å². The number of ether oxygens (including phenoxy) is 1. The van der Waals surface area contributed by atoms with Gasteiger partial charge in [-0.15, -0.1) is 0 Å². The van der Waals surface area contributed by atoms with Crippen molar-refractivity contribution in [3.63, 3.8) is 0 Å². The van der Waals surface area contributed by atoms with Gasteiger partial charge in [0.15, 0.2) is 0 Å². The van der Waals surface area contributed by atoms with E-state index in [9.17, 15) is 19.2 Å². The summed E-state index contributed by atoms with van der Waals surface area (Å²) in [5, 5.41) is 8.20. The third-order valence-corrected chi connectivity index (χ3v) is 5.42. The number of benzene rings is 2. The number of urea groups is 1. The monoisotopic (exact) mass is 452 g/mol. The SMILES string of the molecule is CCCC(=O)Nc1cccc(CNC(=O)CN2C(=O)NC(C)(c3ccc(OC)cc3)C2=O)c1. The molecular formula is C24H28N4O5. The fourth-order valence-electron chi connectivity index (χ4n) is 3.57. The Morgan fingerprint density at radius 2 is 1.82 bits per heavy atom. The van der Waals surface area contributed by atoms with Gasteiger partial charge in [0, 0.05) is 18.7 Å². The highest BCUT2D eigenvalue weighted by Gasteiger charge is 2.49. The van der Waals surface area contributed by atoms with Crippen molar-refractivity contribution in [2.24, 2.45) is 0 Å². The smallest absolute Gasteiger partial charge is 0.325 e. The zero-order chi connectivity index (χ0) is 24.0. The second-order valence-corrected chi connectivity index (χ2v) is 7.95. The van der Waals surface area contributed by atoms with E-state index < -0.39 is 29.9 Å². The molecule has 0 radical (unpaired) electrons. The van der Waals surface area contributed by atoms with Crippen molar-refractivity contribution in [1.29, 1.82) is 0 Å². The number of imide groups is 1. The second kappa shape index (κ2) is 10.2. The molecule has 9 heteroatoms. The zero-order valence-corrected chi connectivity index (χ0v) is 18.9. The van der Waals surface area contributed by atoms with Crippen LogP contribution >= 0.6 is 0 Å². The molecule has 1 atom stereocenters. The highest BCUT2D eigenvalue weighted by molar-refractivity contribution is 6.09. The summed E-state index contributed by atoms with van der Waals surface area (Å²) in [7, 11) is 1.54. The van der Waals surface area contributed by atoms with Gasteiger partial charge in [-0.05, 0) is 48.7 Å². The quantitative estimate of drug-likeness (QED) is 0.506. The fourth-order valence-corrected chi connectivity index (χ4v) is 3.57. The highest BCUT2D eigenvalue weighted by Crippen LogP contribution is 2.29. The van der Waals surface area contributed by atoms with Crippen LogP contribution in [0.15, 0.2) is 48.5 Å². The molecule has 0 spiro atoms. The second-order valence-electron chi connectivity index (χ2n) is 7.95. The average molecular weight is 453 g/mol. The first kappa shape index (κ1) is 23.8. The van der Waals surface area contributed by atoms with Crippen LogP contribution in [0.1, 0.15) is 37.8 Å². The number of methoxy groups -OCH3 is 1. The van der Waals surface area contributed by atoms with Gasteiger partial charge in [-0.3, -0.25) is 19.3 Å². The van der Waals surface area contributed by atoms with Crippen molar-refractivity contribution in [1.82, 2.24) is 15.5 Å². The van der Waals surface area contributed by atoms with Crippen molar-refractivity contribution in [2.45, 2.75) is 38.8 Å². The van der Waals surface area contributed by atoms with Crippen LogP contribution in [-0.2, 0) is 26.5 Å². The van der Waals surface area contributed by atoms with Gasteiger partial charge < -0.3 is 20.7 Å². The molecule has 33 heavy (non-hydrogen) atoms. The van der Waals surface area contributed by atoms with Crippen LogP contribution in [0.4, 0.5) is 10.5 Å². The Balaban J connectivity index is 1.59. The average Bonchev–Trinajstić information content (AvgIpc) is 3.02. The first-order valence-electron chi connectivity index (χ1n) is 10.7. The normalized spacial score (nSPS) is 17.5. The Hall–Kier alpha value is -3.88. The standard InChI is InChI=1S/C24H28N4O5/c1-4-6-20(29)26-18-8-5-7-16(13-18)14-25-21(30)15-28-22(31)24(2,27-23(28)32)17-9-11-19(33-3)12-10-17/h5,7-13H,4,6,14-15H2,1-3H3,(H,25,30)(H,26,29)(H,27,32). The number of hydrogen-bond acceptors (Lipinski definition) is 5. The number of nitrogens with one attached hydrogen (secondary N) is 3. The Morgan fingerprint density at radius 1 is 1.09 bits per heavy atom. The largest absolute Gasteiger partial charge is 0.497 e. The van der Waals surface area contributed by atoms with Crippen molar-refractivity contribution in [3.05, 3.63) is 59.7 Å². The Kier molecular flexibility index (Phi) is 7.32. The maximum atomic E-state index is 13.0. The van der Waals surface area contributed by atoms with Crippen molar-refractivity contribution in [2.75, 3.05) is 19.0 Å². The van der Waals surface area contributed by atoms with Gasteiger partial charge in [-0.1, -0.05) is 31.2 Å². The van der Waals surface area contributed by atoms with Gasteiger partial charge in [0.1, 0.15) is 17.8 Å². The predicted molar refractivity (Wildman–Crippen MR) is 122 cm³/mol. The van der Waals surface area contributed by atoms with Crippen LogP contribution in [-0.4, -0.2) is 42.3 Å². The van der Waals surface area contributed by atoms with E-state index in [0.717, 1.165) is 16.9 Å². The van der Waals surface area contributed by atoms with E-state index in [1.807, 2.05) is 13.0 Å². The molecule has 1 saturated heterocycles. The van der Waals surface area contributed by atoms with Gasteiger partial charge in [0.2, 0.25) is 11.8 Å². The first-order chi connectivity index (χ1) is 15.8. The van der Waals surface area contributed by atoms with E-state index >= 15 is 0 Å². The van der Waals surface area contributed by atoms with Gasteiger partial charge >= 0.3 is 6.03 Å². The molecule has 9 nitrogen and oxygen atoms in total. The van der Waals surface area contributed by atoms with Gasteiger partial charge in [0.25, 0.3) is 5.91 Å². The molecule has 1 aliphatic rings. The molecule has 2 aromatic rings. The molecule has 1 aliphatic heterocycles. The molecule has 3 N–H and O–H groups in total. The van der Waals surface area contributed by atoms with Crippen LogP contribution in [0.5, 0.6) is 5.75 Å². The zero-order valence-electron chi connectivity index (χ0n) is 18.9. The number of anilines is 1. The summed E-state index contributed by atoms with van der Waals surface area (Å²) >= 11 is 0. The lowest BCUT2D eigenvalue weighted by atomic mass is 9.92. The molecule has 1 unspecified atom stereocenters. The number of nitrogens with zero attached hydrogens (tertiary/aromatic N) is 1. The van der Waals surface area contributed by atoms with E-state index in [2.05, 4.69) is 16.0 Å². The third-order valence-electron chi connectivity index (χ3n) is 5.42. The van der Waals surface area contributed by atoms with Crippen LogP contribution in [0, 0.1) is 0 Å². The molecule has 0 bridgehead atoms. The number of rotatable bonds is 9. The molecule has 174 valence electrons. The Bertz CT molecular complexity index is 1050. The number of carbonyl (C=O) groups excluding carboxylic acids is 4. The van der Waals surface area contributed by atoms with Crippen LogP contribution < -0.4 is 20.7 Å². The van der Waals surface area contributed by atoms with E-state index in [4.69, 9.17) is 4.74 Å². The molecule has 3 rings (SSSR count). The Morgan fingerprint density at radius 3 is 2.48 bits per heavy atom. The molecule has 2 aromatic carbocycles. The summed E-state index contributed by atoms with van der Waals surface area (Å²) in [4.78, 5) is 50.6. The van der Waals surface area contributed by atoms with Gasteiger partial charge in [0.05, 0.1) is 7.11 Å². The lowest BCUT2D eigenvalue weighted by Crippen LogP contribution is -2.43. The minimum absolute atomic E-state index is 0.0721. The summed E-state index contributed by atoms with van der Waals surface area (Å²) in [6.45, 7) is 3.32. The summed E-state index contributed by atoms with van der Waals surface area (Å²) < 4.78 is 5.13. The molecule has 0 aliphatic carbocycles. The van der Waals surface area contributed by atoms with E-state index in [-0.39, 0.29) is 12.5 Å². The topological polar surface area (TPSA) is 117 Å². The molecule has 0 saturated carbocycles. The highest BCUT2D eigenvalue weighted by atomic mass is 16.5. The minimum Gasteiger partial charge on any atom is -0.497 e. The summed E-state index contributed by atoms with van der Waals surface area (Å²) in [6.07, 6.45) is 1.18. The van der Waals surface area contributed by atoms with E-state index in [1.165, 1.54) is 7.11 Å². The molecular weight excluding hydrogens is 424 g/mol. The summed E-state index contributed by atoms with van der Waals surface area (Å²) in [5.74, 6) is -0.423. The molecule has 1 fully saturated rings. The lowest BCUT2D eigenvalue weighted by Gasteiger charge is -2.22. The third kappa shape index (κ3) is 5.49. The number of hydrogen-bond donors (Lipinski definition) is 3. The molecule has 1 heterocycles. The number of carbonyl (C=O) groups is 4. The maximum absolute atomic E-state index is 13.0. The van der Waals surface area contributed by atoms with Crippen LogP contribution in [0.25, 0.3) is 0 Å². The van der Waals surface area contributed by atoms with Crippen molar-refractivity contribution >= 4 is 29.4 Å². The predicted octanol–water partition coefficient (Wildman–Crippen LogP) is 2.52. The number of amides is 5. The van der Waals surface area contributed by atoms with Gasteiger partial charge in [-0.2, -0.15) is 0 Å². The molecule has 5 amide bonds. The van der Waals surface area contributed by atoms with Gasteiger partial charge in [-0.25, -0.2) is 4.79 Å².